The zero-order chi connectivity index (χ0) is 16.4. The molecule has 7 heteroatoms. The molecule has 1 aromatic heterocycles. The standard InChI is InChI=1S/C16H21N5O2/c1-19-7-9-20(10-8-19)13-14(17)21(16(23)18-15(13)22)11-12-5-3-2-4-6-12/h2-6H,7-11,17H2,1H3,(H,18,22,23)/p+1. The second-order valence-electron chi connectivity index (χ2n) is 6.01. The highest BCUT2D eigenvalue weighted by atomic mass is 16.2. The molecule has 1 aliphatic heterocycles. The lowest BCUT2D eigenvalue weighted by molar-refractivity contribution is -0.880. The number of hydrogen-bond acceptors (Lipinski definition) is 4. The van der Waals surface area contributed by atoms with Gasteiger partial charge in [-0.05, 0) is 5.56 Å². The lowest BCUT2D eigenvalue weighted by atomic mass is 10.2. The lowest BCUT2D eigenvalue weighted by Crippen LogP contribution is -3.12. The molecule has 0 aliphatic carbocycles. The lowest BCUT2D eigenvalue weighted by Gasteiger charge is -2.32. The van der Waals surface area contributed by atoms with Gasteiger partial charge in [0.25, 0.3) is 5.56 Å². The predicted molar refractivity (Wildman–Crippen MR) is 90.1 cm³/mol. The van der Waals surface area contributed by atoms with Crippen LogP contribution in [0.15, 0.2) is 39.9 Å². The molecule has 7 nitrogen and oxygen atoms in total. The van der Waals surface area contributed by atoms with Crippen molar-refractivity contribution in [3.63, 3.8) is 0 Å². The number of likely N-dealkylation sites (N-methyl/N-ethyl adjacent to an activating group) is 1. The highest BCUT2D eigenvalue weighted by Gasteiger charge is 2.23. The quantitative estimate of drug-likeness (QED) is 0.643. The van der Waals surface area contributed by atoms with Crippen LogP contribution in [0, 0.1) is 0 Å². The molecule has 3 rings (SSSR count). The molecule has 0 bridgehead atoms. The van der Waals surface area contributed by atoms with Crippen molar-refractivity contribution in [3.05, 3.63) is 56.7 Å². The fourth-order valence-corrected chi connectivity index (χ4v) is 2.92. The number of nitrogens with one attached hydrogen (secondary N) is 2. The van der Waals surface area contributed by atoms with Crippen molar-refractivity contribution in [1.29, 1.82) is 0 Å². The normalized spacial score (nSPS) is 15.8. The third-order valence-electron chi connectivity index (χ3n) is 4.33. The number of anilines is 2. The van der Waals surface area contributed by atoms with E-state index in [2.05, 4.69) is 12.0 Å². The van der Waals surface area contributed by atoms with E-state index >= 15 is 0 Å². The smallest absolute Gasteiger partial charge is 0.330 e. The van der Waals surface area contributed by atoms with Gasteiger partial charge in [0, 0.05) is 0 Å². The first-order valence-corrected chi connectivity index (χ1v) is 7.79. The van der Waals surface area contributed by atoms with E-state index in [1.54, 1.807) is 0 Å². The Balaban J connectivity index is 1.99. The number of H-pyrrole nitrogens is 1. The maximum absolute atomic E-state index is 12.2. The van der Waals surface area contributed by atoms with Gasteiger partial charge in [-0.2, -0.15) is 0 Å². The summed E-state index contributed by atoms with van der Waals surface area (Å²) in [6, 6.07) is 9.59. The Hall–Kier alpha value is -2.54. The van der Waals surface area contributed by atoms with Crippen LogP contribution in [0.3, 0.4) is 0 Å². The van der Waals surface area contributed by atoms with Crippen molar-refractivity contribution >= 4 is 11.5 Å². The third kappa shape index (κ3) is 3.14. The molecule has 4 N–H and O–H groups in total. The predicted octanol–water partition coefficient (Wildman–Crippen LogP) is -1.50. The van der Waals surface area contributed by atoms with E-state index in [4.69, 9.17) is 5.73 Å². The summed E-state index contributed by atoms with van der Waals surface area (Å²) >= 11 is 0. The van der Waals surface area contributed by atoms with Crippen LogP contribution in [0.4, 0.5) is 11.5 Å². The van der Waals surface area contributed by atoms with Crippen LogP contribution >= 0.6 is 0 Å². The summed E-state index contributed by atoms with van der Waals surface area (Å²) in [4.78, 5) is 30.2. The second-order valence-corrected chi connectivity index (χ2v) is 6.01. The van der Waals surface area contributed by atoms with Gasteiger partial charge >= 0.3 is 5.69 Å². The molecule has 0 atom stereocenters. The molecule has 122 valence electrons. The maximum Gasteiger partial charge on any atom is 0.330 e. The van der Waals surface area contributed by atoms with Gasteiger partial charge in [0.2, 0.25) is 0 Å². The van der Waals surface area contributed by atoms with E-state index in [0.29, 0.717) is 12.2 Å². The van der Waals surface area contributed by atoms with Crippen LogP contribution in [0.25, 0.3) is 0 Å². The van der Waals surface area contributed by atoms with Crippen molar-refractivity contribution < 1.29 is 4.90 Å². The van der Waals surface area contributed by atoms with E-state index in [1.165, 1.54) is 9.47 Å². The van der Waals surface area contributed by atoms with Crippen molar-refractivity contribution in [2.45, 2.75) is 6.54 Å². The number of aromatic nitrogens is 2. The van der Waals surface area contributed by atoms with Gasteiger partial charge < -0.3 is 15.5 Å². The van der Waals surface area contributed by atoms with E-state index in [1.807, 2.05) is 35.2 Å². The molecule has 1 aliphatic rings. The molecule has 23 heavy (non-hydrogen) atoms. The third-order valence-corrected chi connectivity index (χ3v) is 4.33. The first-order chi connectivity index (χ1) is 11.1. The molecule has 2 aromatic rings. The minimum absolute atomic E-state index is 0.238. The Morgan fingerprint density at radius 1 is 1.17 bits per heavy atom. The molecule has 0 amide bonds. The minimum atomic E-state index is -0.472. The Kier molecular flexibility index (Phi) is 4.20. The molecule has 0 unspecified atom stereocenters. The molecular formula is C16H22N5O2+. The van der Waals surface area contributed by atoms with Gasteiger partial charge in [0.05, 0.1) is 39.8 Å². The number of nitrogen functional groups attached to an aromatic ring is 1. The Bertz CT molecular complexity index is 788. The zero-order valence-corrected chi connectivity index (χ0v) is 13.2. The van der Waals surface area contributed by atoms with Gasteiger partial charge in [-0.1, -0.05) is 30.3 Å². The number of piperazine rings is 1. The Morgan fingerprint density at radius 2 is 1.83 bits per heavy atom. The van der Waals surface area contributed by atoms with Crippen LogP contribution in [-0.4, -0.2) is 42.8 Å². The maximum atomic E-state index is 12.2. The van der Waals surface area contributed by atoms with Gasteiger partial charge in [-0.15, -0.1) is 0 Å². The SMILES string of the molecule is C[NH+]1CCN(c2c(N)n(Cc3ccccc3)c(=O)[nH]c2=O)CC1. The molecular weight excluding hydrogens is 294 g/mol. The number of nitrogens with two attached hydrogens (primary N) is 1. The molecule has 0 spiro atoms. The van der Waals surface area contributed by atoms with Crippen LogP contribution < -0.4 is 26.8 Å². The van der Waals surface area contributed by atoms with Crippen LogP contribution in [0.1, 0.15) is 5.56 Å². The topological polar surface area (TPSA) is 88.6 Å². The molecule has 1 fully saturated rings. The summed E-state index contributed by atoms with van der Waals surface area (Å²) in [5.41, 5.74) is 6.68. The average Bonchev–Trinajstić information content (AvgIpc) is 2.54. The van der Waals surface area contributed by atoms with Gasteiger partial charge in [-0.25, -0.2) is 4.79 Å². The molecule has 1 aromatic carbocycles. The fraction of sp³-hybridized carbons (Fsp3) is 0.375. The van der Waals surface area contributed by atoms with E-state index in [9.17, 15) is 9.59 Å². The Morgan fingerprint density at radius 3 is 2.48 bits per heavy atom. The van der Waals surface area contributed by atoms with Crippen LogP contribution in [-0.2, 0) is 6.54 Å². The number of hydrogen-bond donors (Lipinski definition) is 3. The monoisotopic (exact) mass is 316 g/mol. The van der Waals surface area contributed by atoms with E-state index < -0.39 is 11.2 Å². The van der Waals surface area contributed by atoms with Crippen LogP contribution in [0.2, 0.25) is 0 Å². The van der Waals surface area contributed by atoms with Crippen molar-refractivity contribution in [3.8, 4) is 0 Å². The first kappa shape index (κ1) is 15.4. The van der Waals surface area contributed by atoms with Gasteiger partial charge in [0.1, 0.15) is 11.5 Å². The number of rotatable bonds is 3. The summed E-state index contributed by atoms with van der Waals surface area (Å²) in [5.74, 6) is 0.238. The highest BCUT2D eigenvalue weighted by Crippen LogP contribution is 2.17. The zero-order valence-electron chi connectivity index (χ0n) is 13.2. The summed E-state index contributed by atoms with van der Waals surface area (Å²) in [6.07, 6.45) is 0. The second kappa shape index (κ2) is 6.29. The molecule has 1 saturated heterocycles. The summed E-state index contributed by atoms with van der Waals surface area (Å²) in [5, 5.41) is 0. The molecule has 0 radical (unpaired) electrons. The molecule has 0 saturated carbocycles. The highest BCUT2D eigenvalue weighted by molar-refractivity contribution is 5.62. The van der Waals surface area contributed by atoms with Crippen molar-refractivity contribution in [1.82, 2.24) is 9.55 Å². The number of quaternary nitrogens is 1. The fourth-order valence-electron chi connectivity index (χ4n) is 2.92. The van der Waals surface area contributed by atoms with Crippen LogP contribution in [0.5, 0.6) is 0 Å². The summed E-state index contributed by atoms with van der Waals surface area (Å²) in [6.45, 7) is 3.73. The Labute approximate surface area is 134 Å². The van der Waals surface area contributed by atoms with E-state index in [0.717, 1.165) is 31.7 Å². The minimum Gasteiger partial charge on any atom is -0.383 e. The summed E-state index contributed by atoms with van der Waals surface area (Å²) < 4.78 is 1.43. The van der Waals surface area contributed by atoms with Gasteiger partial charge in [0.15, 0.2) is 0 Å². The molecule has 2 heterocycles. The van der Waals surface area contributed by atoms with Gasteiger partial charge in [-0.3, -0.25) is 14.3 Å². The largest absolute Gasteiger partial charge is 0.383 e. The summed E-state index contributed by atoms with van der Waals surface area (Å²) in [7, 11) is 2.13. The average molecular weight is 316 g/mol. The number of benzene rings is 1. The number of aromatic amines is 1. The number of nitrogens with zero attached hydrogens (tertiary/aromatic N) is 2. The van der Waals surface area contributed by atoms with E-state index in [-0.39, 0.29) is 5.82 Å². The van der Waals surface area contributed by atoms with Crippen molar-refractivity contribution in [2.24, 2.45) is 0 Å². The first-order valence-electron chi connectivity index (χ1n) is 7.79. The van der Waals surface area contributed by atoms with Crippen molar-refractivity contribution in [2.75, 3.05) is 43.9 Å².